The minimum Gasteiger partial charge on any atom is -0.383 e. The van der Waals surface area contributed by atoms with Gasteiger partial charge in [0.25, 0.3) is 0 Å². The van der Waals surface area contributed by atoms with Crippen LogP contribution in [0.5, 0.6) is 0 Å². The summed E-state index contributed by atoms with van der Waals surface area (Å²) in [6.07, 6.45) is 8.26. The zero-order chi connectivity index (χ0) is 14.2. The average molecular weight is 280 g/mol. The fraction of sp³-hybridized carbons (Fsp3) is 0.714. The van der Waals surface area contributed by atoms with Gasteiger partial charge in [0.2, 0.25) is 5.91 Å². The number of rotatable bonds is 8. The second kappa shape index (κ2) is 8.01. The van der Waals surface area contributed by atoms with Gasteiger partial charge < -0.3 is 19.9 Å². The molecule has 2 N–H and O–H groups in total. The Balaban J connectivity index is 1.76. The van der Waals surface area contributed by atoms with Gasteiger partial charge in [0.15, 0.2) is 0 Å². The van der Waals surface area contributed by atoms with Crippen molar-refractivity contribution in [2.45, 2.75) is 44.8 Å². The molecule has 6 nitrogen and oxygen atoms in total. The van der Waals surface area contributed by atoms with Crippen LogP contribution in [-0.4, -0.2) is 41.8 Å². The smallest absolute Gasteiger partial charge is 0.240 e. The molecule has 1 aromatic rings. The Labute approximate surface area is 119 Å². The lowest BCUT2D eigenvalue weighted by molar-refractivity contribution is -0.122. The highest BCUT2D eigenvalue weighted by molar-refractivity contribution is 5.76. The van der Waals surface area contributed by atoms with Crippen molar-refractivity contribution in [1.82, 2.24) is 20.2 Å². The van der Waals surface area contributed by atoms with Crippen molar-refractivity contribution in [2.75, 3.05) is 20.3 Å². The van der Waals surface area contributed by atoms with Gasteiger partial charge in [-0.05, 0) is 12.8 Å². The maximum absolute atomic E-state index is 12.0. The SMILES string of the molecule is COCCNCc1nccn1CC(=O)NC1CCCC1. The molecular weight excluding hydrogens is 256 g/mol. The Bertz CT molecular complexity index is 413. The summed E-state index contributed by atoms with van der Waals surface area (Å²) in [5.41, 5.74) is 0. The molecule has 1 aliphatic carbocycles. The van der Waals surface area contributed by atoms with E-state index in [0.29, 0.717) is 25.7 Å². The average Bonchev–Trinajstić information content (AvgIpc) is 3.07. The van der Waals surface area contributed by atoms with Crippen LogP contribution >= 0.6 is 0 Å². The van der Waals surface area contributed by atoms with Crippen LogP contribution in [0.25, 0.3) is 0 Å². The number of hydrogen-bond acceptors (Lipinski definition) is 4. The van der Waals surface area contributed by atoms with Gasteiger partial charge in [-0.25, -0.2) is 4.98 Å². The second-order valence-corrected chi connectivity index (χ2v) is 5.19. The fourth-order valence-electron chi connectivity index (χ4n) is 2.52. The second-order valence-electron chi connectivity index (χ2n) is 5.19. The summed E-state index contributed by atoms with van der Waals surface area (Å²) in [6, 6.07) is 0.370. The Hall–Kier alpha value is -1.40. The number of amides is 1. The first-order valence-electron chi connectivity index (χ1n) is 7.28. The molecular formula is C14H24N4O2. The van der Waals surface area contributed by atoms with Gasteiger partial charge in [-0.2, -0.15) is 0 Å². The number of aromatic nitrogens is 2. The first-order chi connectivity index (χ1) is 9.79. The highest BCUT2D eigenvalue weighted by Gasteiger charge is 2.17. The lowest BCUT2D eigenvalue weighted by Gasteiger charge is -2.13. The summed E-state index contributed by atoms with van der Waals surface area (Å²) in [6.45, 7) is 2.44. The standard InChI is InChI=1S/C14H24N4O2/c1-20-9-7-15-10-13-16-6-8-18(13)11-14(19)17-12-4-2-3-5-12/h6,8,12,15H,2-5,7,9-11H2,1H3,(H,17,19). The van der Waals surface area contributed by atoms with Crippen LogP contribution in [-0.2, 0) is 22.6 Å². The van der Waals surface area contributed by atoms with E-state index in [2.05, 4.69) is 15.6 Å². The lowest BCUT2D eigenvalue weighted by atomic mass is 10.2. The van der Waals surface area contributed by atoms with Crippen molar-refractivity contribution in [3.05, 3.63) is 18.2 Å². The molecule has 0 saturated heterocycles. The van der Waals surface area contributed by atoms with Crippen molar-refractivity contribution in [2.24, 2.45) is 0 Å². The molecule has 0 atom stereocenters. The molecule has 112 valence electrons. The van der Waals surface area contributed by atoms with Gasteiger partial charge in [-0.3, -0.25) is 4.79 Å². The van der Waals surface area contributed by atoms with E-state index in [1.54, 1.807) is 13.3 Å². The Morgan fingerprint density at radius 3 is 3.05 bits per heavy atom. The van der Waals surface area contributed by atoms with Gasteiger partial charge in [0.1, 0.15) is 12.4 Å². The summed E-state index contributed by atoms with van der Waals surface area (Å²) in [7, 11) is 1.68. The molecule has 20 heavy (non-hydrogen) atoms. The molecule has 1 aliphatic rings. The molecule has 0 unspecified atom stereocenters. The molecule has 1 heterocycles. The molecule has 0 aliphatic heterocycles. The Morgan fingerprint density at radius 1 is 1.50 bits per heavy atom. The van der Waals surface area contributed by atoms with Crippen LogP contribution in [0.3, 0.4) is 0 Å². The molecule has 6 heteroatoms. The van der Waals surface area contributed by atoms with E-state index < -0.39 is 0 Å². The number of methoxy groups -OCH3 is 1. The maximum atomic E-state index is 12.0. The number of nitrogens with one attached hydrogen (secondary N) is 2. The first-order valence-corrected chi connectivity index (χ1v) is 7.28. The molecule has 1 saturated carbocycles. The Kier molecular flexibility index (Phi) is 6.01. The van der Waals surface area contributed by atoms with E-state index >= 15 is 0 Å². The van der Waals surface area contributed by atoms with Crippen molar-refractivity contribution >= 4 is 5.91 Å². The van der Waals surface area contributed by atoms with Crippen LogP contribution in [0.15, 0.2) is 12.4 Å². The summed E-state index contributed by atoms with van der Waals surface area (Å²) in [5.74, 6) is 0.954. The summed E-state index contributed by atoms with van der Waals surface area (Å²) < 4.78 is 6.87. The minimum absolute atomic E-state index is 0.0769. The van der Waals surface area contributed by atoms with E-state index in [0.717, 1.165) is 25.2 Å². The zero-order valence-electron chi connectivity index (χ0n) is 12.1. The summed E-state index contributed by atoms with van der Waals surface area (Å²) in [5, 5.41) is 6.33. The molecule has 0 aromatic carbocycles. The predicted octanol–water partition coefficient (Wildman–Crippen LogP) is 0.678. The first kappa shape index (κ1) is 15.0. The summed E-state index contributed by atoms with van der Waals surface area (Å²) >= 11 is 0. The molecule has 1 aromatic heterocycles. The molecule has 0 bridgehead atoms. The third kappa shape index (κ3) is 4.61. The topological polar surface area (TPSA) is 68.2 Å². The number of imidazole rings is 1. The van der Waals surface area contributed by atoms with Crippen molar-refractivity contribution in [3.63, 3.8) is 0 Å². The lowest BCUT2D eigenvalue weighted by Crippen LogP contribution is -2.35. The Morgan fingerprint density at radius 2 is 2.30 bits per heavy atom. The third-order valence-corrected chi connectivity index (χ3v) is 3.60. The summed E-state index contributed by atoms with van der Waals surface area (Å²) in [4.78, 5) is 16.3. The van der Waals surface area contributed by atoms with Gasteiger partial charge >= 0.3 is 0 Å². The number of ether oxygens (including phenoxy) is 1. The number of hydrogen-bond donors (Lipinski definition) is 2. The van der Waals surface area contributed by atoms with E-state index in [9.17, 15) is 4.79 Å². The third-order valence-electron chi connectivity index (χ3n) is 3.60. The van der Waals surface area contributed by atoms with Gasteiger partial charge in [-0.1, -0.05) is 12.8 Å². The largest absolute Gasteiger partial charge is 0.383 e. The quantitative estimate of drug-likeness (QED) is 0.687. The van der Waals surface area contributed by atoms with Crippen molar-refractivity contribution in [3.8, 4) is 0 Å². The normalized spacial score (nSPS) is 15.7. The van der Waals surface area contributed by atoms with Gasteiger partial charge in [0, 0.05) is 32.1 Å². The molecule has 1 amide bonds. The highest BCUT2D eigenvalue weighted by Crippen LogP contribution is 2.17. The molecule has 1 fully saturated rings. The number of carbonyl (C=O) groups is 1. The van der Waals surface area contributed by atoms with Crippen LogP contribution in [0, 0.1) is 0 Å². The van der Waals surface area contributed by atoms with E-state index in [-0.39, 0.29) is 5.91 Å². The zero-order valence-corrected chi connectivity index (χ0v) is 12.1. The molecule has 2 rings (SSSR count). The van der Waals surface area contributed by atoms with E-state index in [1.165, 1.54) is 12.8 Å². The fourth-order valence-corrected chi connectivity index (χ4v) is 2.52. The van der Waals surface area contributed by atoms with Crippen molar-refractivity contribution in [1.29, 1.82) is 0 Å². The molecule has 0 spiro atoms. The number of nitrogens with zero attached hydrogens (tertiary/aromatic N) is 2. The van der Waals surface area contributed by atoms with Crippen LogP contribution in [0.2, 0.25) is 0 Å². The maximum Gasteiger partial charge on any atom is 0.240 e. The van der Waals surface area contributed by atoms with Crippen molar-refractivity contribution < 1.29 is 9.53 Å². The van der Waals surface area contributed by atoms with Crippen LogP contribution in [0.4, 0.5) is 0 Å². The monoisotopic (exact) mass is 280 g/mol. The van der Waals surface area contributed by atoms with Gasteiger partial charge in [-0.15, -0.1) is 0 Å². The van der Waals surface area contributed by atoms with E-state index in [4.69, 9.17) is 4.74 Å². The number of carbonyl (C=O) groups excluding carboxylic acids is 1. The van der Waals surface area contributed by atoms with Gasteiger partial charge in [0.05, 0.1) is 13.2 Å². The minimum atomic E-state index is 0.0769. The van der Waals surface area contributed by atoms with E-state index in [1.807, 2.05) is 10.8 Å². The predicted molar refractivity (Wildman–Crippen MR) is 76.2 cm³/mol. The van der Waals surface area contributed by atoms with Crippen LogP contribution < -0.4 is 10.6 Å². The molecule has 0 radical (unpaired) electrons. The van der Waals surface area contributed by atoms with Crippen LogP contribution in [0.1, 0.15) is 31.5 Å². The highest BCUT2D eigenvalue weighted by atomic mass is 16.5.